The van der Waals surface area contributed by atoms with Gasteiger partial charge in [0.2, 0.25) is 0 Å². The summed E-state index contributed by atoms with van der Waals surface area (Å²) in [6.07, 6.45) is 0. The minimum absolute atomic E-state index is 0.187. The predicted octanol–water partition coefficient (Wildman–Crippen LogP) is 3.22. The van der Waals surface area contributed by atoms with Gasteiger partial charge in [-0.15, -0.1) is 0 Å². The van der Waals surface area contributed by atoms with Crippen molar-refractivity contribution >= 4 is 22.4 Å². The molecular weight excluding hydrogens is 210 g/mol. The van der Waals surface area contributed by atoms with Crippen molar-refractivity contribution in [1.29, 1.82) is 0 Å². The third kappa shape index (κ3) is 1.91. The topological polar surface area (TPSA) is 46.2 Å². The number of hydrogen-bond acceptors (Lipinski definition) is 2. The van der Waals surface area contributed by atoms with E-state index in [1.807, 2.05) is 25.1 Å². The Bertz CT molecular complexity index is 508. The molecule has 3 N–H and O–H groups in total. The van der Waals surface area contributed by atoms with E-state index in [2.05, 4.69) is 0 Å². The van der Waals surface area contributed by atoms with Crippen LogP contribution in [0, 0.1) is 0 Å². The highest BCUT2D eigenvalue weighted by atomic mass is 35.5. The summed E-state index contributed by atoms with van der Waals surface area (Å²) in [5, 5.41) is 12.4. The summed E-state index contributed by atoms with van der Waals surface area (Å²) in [5.41, 5.74) is 6.49. The number of rotatable bonds is 1. The van der Waals surface area contributed by atoms with Crippen LogP contribution in [-0.2, 0) is 0 Å². The highest BCUT2D eigenvalue weighted by Gasteiger charge is 2.07. The second-order valence-electron chi connectivity index (χ2n) is 3.69. The van der Waals surface area contributed by atoms with Gasteiger partial charge in [0.25, 0.3) is 0 Å². The summed E-state index contributed by atoms with van der Waals surface area (Å²) in [6, 6.07) is 8.94. The minimum Gasteiger partial charge on any atom is -0.508 e. The molecule has 0 amide bonds. The van der Waals surface area contributed by atoms with E-state index >= 15 is 0 Å². The number of aromatic hydroxyl groups is 1. The molecule has 2 aromatic carbocycles. The average molecular weight is 222 g/mol. The van der Waals surface area contributed by atoms with E-state index < -0.39 is 0 Å². The lowest BCUT2D eigenvalue weighted by atomic mass is 10.0. The zero-order valence-electron chi connectivity index (χ0n) is 8.37. The van der Waals surface area contributed by atoms with Crippen molar-refractivity contribution in [2.75, 3.05) is 0 Å². The second-order valence-corrected chi connectivity index (χ2v) is 4.13. The fraction of sp³-hybridized carbons (Fsp3) is 0.167. The van der Waals surface area contributed by atoms with E-state index in [4.69, 9.17) is 17.3 Å². The summed E-state index contributed by atoms with van der Waals surface area (Å²) >= 11 is 5.90. The first-order valence-electron chi connectivity index (χ1n) is 4.75. The van der Waals surface area contributed by atoms with Gasteiger partial charge in [0, 0.05) is 16.6 Å². The van der Waals surface area contributed by atoms with E-state index in [0.29, 0.717) is 5.02 Å². The first-order valence-corrected chi connectivity index (χ1v) is 5.13. The van der Waals surface area contributed by atoms with Gasteiger partial charge in [-0.2, -0.15) is 0 Å². The second kappa shape index (κ2) is 3.72. The number of nitrogens with two attached hydrogens (primary N) is 1. The highest BCUT2D eigenvalue weighted by Crippen LogP contribution is 2.29. The molecule has 0 aliphatic carbocycles. The molecule has 0 bridgehead atoms. The fourth-order valence-electron chi connectivity index (χ4n) is 1.64. The van der Waals surface area contributed by atoms with Crippen LogP contribution in [-0.4, -0.2) is 5.11 Å². The molecule has 0 spiro atoms. The molecule has 0 fully saturated rings. The van der Waals surface area contributed by atoms with Crippen molar-refractivity contribution in [3.63, 3.8) is 0 Å². The van der Waals surface area contributed by atoms with E-state index in [1.165, 1.54) is 0 Å². The van der Waals surface area contributed by atoms with Gasteiger partial charge in [-0.05, 0) is 42.0 Å². The van der Waals surface area contributed by atoms with Crippen molar-refractivity contribution in [2.45, 2.75) is 13.0 Å². The fourth-order valence-corrected chi connectivity index (χ4v) is 1.82. The van der Waals surface area contributed by atoms with Gasteiger partial charge in [0.05, 0.1) is 0 Å². The molecule has 2 rings (SSSR count). The van der Waals surface area contributed by atoms with Crippen LogP contribution in [0.15, 0.2) is 30.3 Å². The van der Waals surface area contributed by atoms with Gasteiger partial charge in [-0.1, -0.05) is 17.7 Å². The predicted molar refractivity (Wildman–Crippen MR) is 63.2 cm³/mol. The van der Waals surface area contributed by atoms with Crippen LogP contribution < -0.4 is 5.73 Å². The lowest BCUT2D eigenvalue weighted by Crippen LogP contribution is -2.04. The maximum Gasteiger partial charge on any atom is 0.120 e. The molecule has 78 valence electrons. The number of halogens is 1. The molecule has 0 aliphatic rings. The van der Waals surface area contributed by atoms with Crippen molar-refractivity contribution < 1.29 is 5.11 Å². The summed E-state index contributed by atoms with van der Waals surface area (Å²) < 4.78 is 0. The Balaban J connectivity index is 2.72. The van der Waals surface area contributed by atoms with Crippen LogP contribution in [0.25, 0.3) is 10.8 Å². The van der Waals surface area contributed by atoms with Crippen LogP contribution >= 0.6 is 11.6 Å². The van der Waals surface area contributed by atoms with Gasteiger partial charge in [0.1, 0.15) is 5.75 Å². The standard InChI is InChI=1S/C12H12ClNO/c1-7(14)11-5-9-4-10(13)3-2-8(9)6-12(11)15/h2-7,15H,14H2,1H3. The number of benzene rings is 2. The first kappa shape index (κ1) is 10.3. The van der Waals surface area contributed by atoms with Crippen LogP contribution in [0.3, 0.4) is 0 Å². The van der Waals surface area contributed by atoms with Crippen molar-refractivity contribution in [3.8, 4) is 5.75 Å². The molecule has 15 heavy (non-hydrogen) atoms. The molecule has 0 heterocycles. The Morgan fingerprint density at radius 2 is 1.93 bits per heavy atom. The minimum atomic E-state index is -0.187. The Labute approximate surface area is 93.3 Å². The number of phenolic OH excluding ortho intramolecular Hbond substituents is 1. The van der Waals surface area contributed by atoms with E-state index in [9.17, 15) is 5.11 Å². The van der Waals surface area contributed by atoms with Gasteiger partial charge >= 0.3 is 0 Å². The monoisotopic (exact) mass is 221 g/mol. The molecule has 2 nitrogen and oxygen atoms in total. The van der Waals surface area contributed by atoms with Gasteiger partial charge in [0.15, 0.2) is 0 Å². The van der Waals surface area contributed by atoms with Crippen LogP contribution in [0.4, 0.5) is 0 Å². The summed E-state index contributed by atoms with van der Waals surface area (Å²) in [6.45, 7) is 1.84. The van der Waals surface area contributed by atoms with Crippen LogP contribution in [0.2, 0.25) is 5.02 Å². The third-order valence-corrected chi connectivity index (χ3v) is 2.67. The van der Waals surface area contributed by atoms with E-state index in [-0.39, 0.29) is 11.8 Å². The van der Waals surface area contributed by atoms with E-state index in [1.54, 1.807) is 12.1 Å². The molecule has 0 saturated heterocycles. The molecule has 0 aromatic heterocycles. The van der Waals surface area contributed by atoms with Gasteiger partial charge < -0.3 is 10.8 Å². The zero-order chi connectivity index (χ0) is 11.0. The van der Waals surface area contributed by atoms with Crippen molar-refractivity contribution in [2.24, 2.45) is 5.73 Å². The molecule has 0 saturated carbocycles. The smallest absolute Gasteiger partial charge is 0.120 e. The SMILES string of the molecule is CC(N)c1cc2cc(Cl)ccc2cc1O. The molecule has 1 atom stereocenters. The third-order valence-electron chi connectivity index (χ3n) is 2.44. The van der Waals surface area contributed by atoms with Crippen LogP contribution in [0.1, 0.15) is 18.5 Å². The Kier molecular flexibility index (Phi) is 2.55. The molecular formula is C12H12ClNO. The van der Waals surface area contributed by atoms with E-state index in [0.717, 1.165) is 16.3 Å². The average Bonchev–Trinajstić information content (AvgIpc) is 2.17. The summed E-state index contributed by atoms with van der Waals surface area (Å²) in [4.78, 5) is 0. The highest BCUT2D eigenvalue weighted by molar-refractivity contribution is 6.31. The molecule has 2 aromatic rings. The van der Waals surface area contributed by atoms with Gasteiger partial charge in [-0.3, -0.25) is 0 Å². The first-order chi connectivity index (χ1) is 7.08. The quantitative estimate of drug-likeness (QED) is 0.777. The number of hydrogen-bond donors (Lipinski definition) is 2. The zero-order valence-corrected chi connectivity index (χ0v) is 9.12. The Morgan fingerprint density at radius 3 is 2.60 bits per heavy atom. The molecule has 3 heteroatoms. The largest absolute Gasteiger partial charge is 0.508 e. The number of phenols is 1. The Morgan fingerprint density at radius 1 is 1.20 bits per heavy atom. The molecule has 0 radical (unpaired) electrons. The summed E-state index contributed by atoms with van der Waals surface area (Å²) in [5.74, 6) is 0.236. The van der Waals surface area contributed by atoms with Crippen molar-refractivity contribution in [3.05, 3.63) is 40.9 Å². The number of fused-ring (bicyclic) bond motifs is 1. The normalized spacial score (nSPS) is 13.0. The summed E-state index contributed by atoms with van der Waals surface area (Å²) in [7, 11) is 0. The lowest BCUT2D eigenvalue weighted by Gasteiger charge is -2.10. The van der Waals surface area contributed by atoms with Crippen LogP contribution in [0.5, 0.6) is 5.75 Å². The van der Waals surface area contributed by atoms with Gasteiger partial charge in [-0.25, -0.2) is 0 Å². The Hall–Kier alpha value is -1.25. The molecule has 1 unspecified atom stereocenters. The maximum absolute atomic E-state index is 9.74. The molecule has 0 aliphatic heterocycles. The van der Waals surface area contributed by atoms with Crippen molar-refractivity contribution in [1.82, 2.24) is 0 Å². The maximum atomic E-state index is 9.74. The lowest BCUT2D eigenvalue weighted by molar-refractivity contribution is 0.465.